The summed E-state index contributed by atoms with van der Waals surface area (Å²) in [6.07, 6.45) is 4.02. The molecular formula is C15H23FN2. The van der Waals surface area contributed by atoms with Crippen molar-refractivity contribution in [2.24, 2.45) is 0 Å². The fourth-order valence-corrected chi connectivity index (χ4v) is 2.56. The summed E-state index contributed by atoms with van der Waals surface area (Å²) in [7, 11) is 0. The Morgan fingerprint density at radius 2 is 1.94 bits per heavy atom. The van der Waals surface area contributed by atoms with Gasteiger partial charge in [-0.05, 0) is 38.9 Å². The molecule has 0 radical (unpaired) electrons. The Morgan fingerprint density at radius 1 is 1.22 bits per heavy atom. The van der Waals surface area contributed by atoms with Crippen molar-refractivity contribution in [2.75, 3.05) is 26.2 Å². The number of benzene rings is 1. The number of hydrogen-bond donors (Lipinski definition) is 1. The molecule has 1 aliphatic rings. The molecule has 0 bridgehead atoms. The Hall–Kier alpha value is -0.930. The molecule has 3 heteroatoms. The molecule has 1 atom stereocenters. The number of halogens is 1. The van der Waals surface area contributed by atoms with Crippen LogP contribution in [-0.4, -0.2) is 31.1 Å². The van der Waals surface area contributed by atoms with Gasteiger partial charge in [0.15, 0.2) is 0 Å². The van der Waals surface area contributed by atoms with Crippen LogP contribution in [0, 0.1) is 5.82 Å². The smallest absolute Gasteiger partial charge is 0.127 e. The van der Waals surface area contributed by atoms with Gasteiger partial charge in [0.1, 0.15) is 5.82 Å². The highest BCUT2D eigenvalue weighted by molar-refractivity contribution is 5.20. The first-order chi connectivity index (χ1) is 8.77. The minimum Gasteiger partial charge on any atom is -0.309 e. The molecule has 1 unspecified atom stereocenters. The predicted octanol–water partition coefficient (Wildman–Crippen LogP) is 2.96. The number of nitrogens with one attached hydrogen (secondary N) is 1. The molecule has 0 aliphatic carbocycles. The maximum atomic E-state index is 13.6. The SMILES string of the molecule is CC(NCCN1CCCCC1)c1ccccc1F. The van der Waals surface area contributed by atoms with Crippen LogP contribution < -0.4 is 5.32 Å². The van der Waals surface area contributed by atoms with E-state index >= 15 is 0 Å². The van der Waals surface area contributed by atoms with Gasteiger partial charge in [0.25, 0.3) is 0 Å². The van der Waals surface area contributed by atoms with Crippen LogP contribution in [0.2, 0.25) is 0 Å². The summed E-state index contributed by atoms with van der Waals surface area (Å²) in [6, 6.07) is 7.09. The lowest BCUT2D eigenvalue weighted by Gasteiger charge is -2.27. The van der Waals surface area contributed by atoms with Gasteiger partial charge in [0.2, 0.25) is 0 Å². The Morgan fingerprint density at radius 3 is 2.67 bits per heavy atom. The second-order valence-electron chi connectivity index (χ2n) is 5.10. The fourth-order valence-electron chi connectivity index (χ4n) is 2.56. The van der Waals surface area contributed by atoms with Gasteiger partial charge in [-0.1, -0.05) is 24.6 Å². The Kier molecular flexibility index (Phi) is 5.14. The summed E-state index contributed by atoms with van der Waals surface area (Å²) in [4.78, 5) is 2.49. The number of piperidine rings is 1. The number of hydrogen-bond acceptors (Lipinski definition) is 2. The minimum absolute atomic E-state index is 0.0796. The van der Waals surface area contributed by atoms with Crippen molar-refractivity contribution in [1.29, 1.82) is 0 Å². The summed E-state index contributed by atoms with van der Waals surface area (Å²) in [5, 5.41) is 3.41. The lowest BCUT2D eigenvalue weighted by molar-refractivity contribution is 0.226. The maximum Gasteiger partial charge on any atom is 0.127 e. The van der Waals surface area contributed by atoms with Gasteiger partial charge in [-0.25, -0.2) is 4.39 Å². The largest absolute Gasteiger partial charge is 0.309 e. The van der Waals surface area contributed by atoms with Crippen LogP contribution in [0.5, 0.6) is 0 Å². The molecule has 1 aliphatic heterocycles. The molecule has 0 amide bonds. The van der Waals surface area contributed by atoms with E-state index < -0.39 is 0 Å². The molecule has 1 saturated heterocycles. The van der Waals surface area contributed by atoms with Gasteiger partial charge < -0.3 is 10.2 Å². The van der Waals surface area contributed by atoms with Crippen molar-refractivity contribution in [1.82, 2.24) is 10.2 Å². The van der Waals surface area contributed by atoms with E-state index in [1.54, 1.807) is 6.07 Å². The van der Waals surface area contributed by atoms with Crippen LogP contribution in [0.15, 0.2) is 24.3 Å². The highest BCUT2D eigenvalue weighted by Crippen LogP contribution is 2.15. The molecule has 2 nitrogen and oxygen atoms in total. The lowest BCUT2D eigenvalue weighted by Crippen LogP contribution is -2.36. The summed E-state index contributed by atoms with van der Waals surface area (Å²) >= 11 is 0. The summed E-state index contributed by atoms with van der Waals surface area (Å²) < 4.78 is 13.6. The standard InChI is InChI=1S/C15H23FN2/c1-13(14-7-3-4-8-15(14)16)17-9-12-18-10-5-2-6-11-18/h3-4,7-8,13,17H,2,5-6,9-12H2,1H3. The molecule has 1 aromatic rings. The average Bonchev–Trinajstić information content (AvgIpc) is 2.40. The quantitative estimate of drug-likeness (QED) is 0.864. The van der Waals surface area contributed by atoms with Crippen LogP contribution in [0.25, 0.3) is 0 Å². The minimum atomic E-state index is -0.115. The highest BCUT2D eigenvalue weighted by Gasteiger charge is 2.12. The van der Waals surface area contributed by atoms with E-state index in [-0.39, 0.29) is 11.9 Å². The van der Waals surface area contributed by atoms with Crippen molar-refractivity contribution in [3.8, 4) is 0 Å². The summed E-state index contributed by atoms with van der Waals surface area (Å²) in [6.45, 7) is 6.45. The van der Waals surface area contributed by atoms with Crippen molar-refractivity contribution in [3.05, 3.63) is 35.6 Å². The van der Waals surface area contributed by atoms with Crippen LogP contribution in [-0.2, 0) is 0 Å². The topological polar surface area (TPSA) is 15.3 Å². The lowest BCUT2D eigenvalue weighted by atomic mass is 10.1. The third-order valence-corrected chi connectivity index (χ3v) is 3.70. The van der Waals surface area contributed by atoms with Gasteiger partial charge >= 0.3 is 0 Å². The fraction of sp³-hybridized carbons (Fsp3) is 0.600. The molecule has 1 heterocycles. The molecule has 18 heavy (non-hydrogen) atoms. The zero-order valence-electron chi connectivity index (χ0n) is 11.2. The second kappa shape index (κ2) is 6.86. The molecule has 1 aromatic carbocycles. The number of nitrogens with zero attached hydrogens (tertiary/aromatic N) is 1. The Balaban J connectivity index is 1.74. The van der Waals surface area contributed by atoms with Gasteiger partial charge in [-0.15, -0.1) is 0 Å². The van der Waals surface area contributed by atoms with E-state index in [9.17, 15) is 4.39 Å². The van der Waals surface area contributed by atoms with Crippen LogP contribution in [0.4, 0.5) is 4.39 Å². The first-order valence-electron chi connectivity index (χ1n) is 6.97. The first kappa shape index (κ1) is 13.5. The van der Waals surface area contributed by atoms with E-state index in [1.807, 2.05) is 19.1 Å². The van der Waals surface area contributed by atoms with Gasteiger partial charge in [-0.2, -0.15) is 0 Å². The van der Waals surface area contributed by atoms with Gasteiger partial charge in [0, 0.05) is 24.7 Å². The Bertz CT molecular complexity index is 361. The summed E-state index contributed by atoms with van der Waals surface area (Å²) in [5.41, 5.74) is 0.760. The average molecular weight is 250 g/mol. The predicted molar refractivity (Wildman–Crippen MR) is 73.1 cm³/mol. The molecule has 1 N–H and O–H groups in total. The second-order valence-corrected chi connectivity index (χ2v) is 5.10. The van der Waals surface area contributed by atoms with Crippen LogP contribution in [0.1, 0.15) is 37.8 Å². The van der Waals surface area contributed by atoms with Gasteiger partial charge in [-0.3, -0.25) is 0 Å². The molecular weight excluding hydrogens is 227 g/mol. The van der Waals surface area contributed by atoms with E-state index in [2.05, 4.69) is 10.2 Å². The zero-order valence-corrected chi connectivity index (χ0v) is 11.2. The van der Waals surface area contributed by atoms with E-state index in [4.69, 9.17) is 0 Å². The maximum absolute atomic E-state index is 13.6. The molecule has 0 saturated carbocycles. The summed E-state index contributed by atoms with van der Waals surface area (Å²) in [5.74, 6) is -0.115. The molecule has 100 valence electrons. The normalized spacial score (nSPS) is 18.8. The van der Waals surface area contributed by atoms with E-state index in [0.29, 0.717) is 0 Å². The number of rotatable bonds is 5. The van der Waals surface area contributed by atoms with Gasteiger partial charge in [0.05, 0.1) is 0 Å². The molecule has 0 aromatic heterocycles. The first-order valence-corrected chi connectivity index (χ1v) is 6.97. The highest BCUT2D eigenvalue weighted by atomic mass is 19.1. The molecule has 2 rings (SSSR count). The van der Waals surface area contributed by atoms with Crippen LogP contribution in [0.3, 0.4) is 0 Å². The van der Waals surface area contributed by atoms with Crippen molar-refractivity contribution >= 4 is 0 Å². The molecule has 0 spiro atoms. The van der Waals surface area contributed by atoms with Crippen LogP contribution >= 0.6 is 0 Å². The Labute approximate surface area is 109 Å². The van der Waals surface area contributed by atoms with Crippen molar-refractivity contribution in [2.45, 2.75) is 32.2 Å². The van der Waals surface area contributed by atoms with Crippen molar-refractivity contribution < 1.29 is 4.39 Å². The number of likely N-dealkylation sites (tertiary alicyclic amines) is 1. The van der Waals surface area contributed by atoms with E-state index in [0.717, 1.165) is 18.7 Å². The monoisotopic (exact) mass is 250 g/mol. The third-order valence-electron chi connectivity index (χ3n) is 3.70. The van der Waals surface area contributed by atoms with Crippen molar-refractivity contribution in [3.63, 3.8) is 0 Å². The van der Waals surface area contributed by atoms with E-state index in [1.165, 1.54) is 38.4 Å². The zero-order chi connectivity index (χ0) is 12.8. The molecule has 1 fully saturated rings. The third kappa shape index (κ3) is 3.79.